The average molecular weight is 347 g/mol. The van der Waals surface area contributed by atoms with Crippen molar-refractivity contribution in [3.63, 3.8) is 0 Å². The van der Waals surface area contributed by atoms with E-state index in [1.165, 1.54) is 18.4 Å². The molecule has 0 N–H and O–H groups in total. The maximum Gasteiger partial charge on any atom is 0.258 e. The quantitative estimate of drug-likeness (QED) is 0.858. The van der Waals surface area contributed by atoms with E-state index in [9.17, 15) is 17.6 Å². The number of aryl methyl sites for hydroxylation is 1. The van der Waals surface area contributed by atoms with E-state index in [-0.39, 0.29) is 17.5 Å². The zero-order chi connectivity index (χ0) is 17.3. The number of benzene rings is 2. The summed E-state index contributed by atoms with van der Waals surface area (Å²) in [7, 11) is -3.11. The molecule has 1 amide bonds. The number of sulfone groups is 1. The maximum absolute atomic E-state index is 13.5. The first kappa shape index (κ1) is 16.6. The van der Waals surface area contributed by atoms with Crippen molar-refractivity contribution in [1.29, 1.82) is 0 Å². The first-order valence-electron chi connectivity index (χ1n) is 7.70. The van der Waals surface area contributed by atoms with Gasteiger partial charge in [0.15, 0.2) is 9.84 Å². The van der Waals surface area contributed by atoms with Gasteiger partial charge in [0.25, 0.3) is 5.91 Å². The number of hydrogen-bond acceptors (Lipinski definition) is 3. The van der Waals surface area contributed by atoms with Gasteiger partial charge in [0.05, 0.1) is 11.4 Å². The van der Waals surface area contributed by atoms with Crippen LogP contribution in [0.3, 0.4) is 0 Å². The second-order valence-corrected chi connectivity index (χ2v) is 8.24. The molecule has 0 aliphatic carbocycles. The topological polar surface area (TPSA) is 54.5 Å². The lowest BCUT2D eigenvalue weighted by molar-refractivity contribution is 0.0985. The van der Waals surface area contributed by atoms with Gasteiger partial charge in [-0.15, -0.1) is 0 Å². The van der Waals surface area contributed by atoms with Gasteiger partial charge >= 0.3 is 0 Å². The third kappa shape index (κ3) is 3.64. The Morgan fingerprint density at radius 2 is 1.88 bits per heavy atom. The van der Waals surface area contributed by atoms with Gasteiger partial charge in [-0.3, -0.25) is 4.79 Å². The molecule has 126 valence electrons. The number of carbonyl (C=O) groups excluding carboxylic acids is 1. The van der Waals surface area contributed by atoms with Crippen LogP contribution in [0.5, 0.6) is 0 Å². The number of fused-ring (bicyclic) bond motifs is 1. The van der Waals surface area contributed by atoms with Gasteiger partial charge in [0.1, 0.15) is 5.82 Å². The molecule has 0 atom stereocenters. The fourth-order valence-electron chi connectivity index (χ4n) is 2.96. The minimum atomic E-state index is -3.11. The van der Waals surface area contributed by atoms with Gasteiger partial charge < -0.3 is 4.90 Å². The number of amides is 1. The van der Waals surface area contributed by atoms with Crippen molar-refractivity contribution in [3.8, 4) is 0 Å². The van der Waals surface area contributed by atoms with E-state index in [1.807, 2.05) is 0 Å². The van der Waals surface area contributed by atoms with Crippen molar-refractivity contribution in [2.75, 3.05) is 17.7 Å². The molecule has 0 radical (unpaired) electrons. The summed E-state index contributed by atoms with van der Waals surface area (Å²) in [5, 5.41) is 0. The summed E-state index contributed by atoms with van der Waals surface area (Å²) < 4.78 is 36.2. The number of carbonyl (C=O) groups is 1. The highest BCUT2D eigenvalue weighted by atomic mass is 32.2. The molecule has 2 aromatic carbocycles. The summed E-state index contributed by atoms with van der Waals surface area (Å²) in [6.45, 7) is 0.542. The fraction of sp³-hybridized carbons (Fsp3) is 0.278. The van der Waals surface area contributed by atoms with Crippen molar-refractivity contribution in [2.45, 2.75) is 18.6 Å². The zero-order valence-electron chi connectivity index (χ0n) is 13.3. The van der Waals surface area contributed by atoms with Crippen molar-refractivity contribution < 1.29 is 17.6 Å². The molecular weight excluding hydrogens is 329 g/mol. The molecule has 0 fully saturated rings. The van der Waals surface area contributed by atoms with Crippen LogP contribution < -0.4 is 4.90 Å². The van der Waals surface area contributed by atoms with Gasteiger partial charge in [0, 0.05) is 18.4 Å². The molecule has 24 heavy (non-hydrogen) atoms. The Balaban J connectivity index is 1.87. The molecule has 2 aromatic rings. The van der Waals surface area contributed by atoms with Crippen LogP contribution in [0.1, 0.15) is 27.9 Å². The third-order valence-corrected chi connectivity index (χ3v) is 4.90. The lowest BCUT2D eigenvalue weighted by Crippen LogP contribution is -2.35. The van der Waals surface area contributed by atoms with Gasteiger partial charge in [-0.2, -0.15) is 0 Å². The smallest absolute Gasteiger partial charge is 0.258 e. The normalized spacial score (nSPS) is 14.3. The molecule has 0 aromatic heterocycles. The Morgan fingerprint density at radius 1 is 1.17 bits per heavy atom. The van der Waals surface area contributed by atoms with Crippen LogP contribution in [-0.4, -0.2) is 27.1 Å². The van der Waals surface area contributed by atoms with Crippen LogP contribution in [-0.2, 0) is 22.0 Å². The molecule has 6 heteroatoms. The number of anilines is 1. The third-order valence-electron chi connectivity index (χ3n) is 4.04. The lowest BCUT2D eigenvalue weighted by atomic mass is 10.0. The van der Waals surface area contributed by atoms with Gasteiger partial charge in [0.2, 0.25) is 0 Å². The molecule has 0 saturated carbocycles. The Labute approximate surface area is 140 Å². The molecule has 0 spiro atoms. The van der Waals surface area contributed by atoms with Crippen LogP contribution in [0, 0.1) is 5.82 Å². The highest BCUT2D eigenvalue weighted by molar-refractivity contribution is 7.89. The lowest BCUT2D eigenvalue weighted by Gasteiger charge is -2.29. The molecule has 1 heterocycles. The highest BCUT2D eigenvalue weighted by Gasteiger charge is 2.24. The first-order valence-corrected chi connectivity index (χ1v) is 9.76. The minimum absolute atomic E-state index is 0.0563. The predicted molar refractivity (Wildman–Crippen MR) is 91.4 cm³/mol. The van der Waals surface area contributed by atoms with Crippen LogP contribution >= 0.6 is 0 Å². The van der Waals surface area contributed by atoms with E-state index < -0.39 is 9.84 Å². The molecule has 1 aliphatic heterocycles. The summed E-state index contributed by atoms with van der Waals surface area (Å²) in [5.74, 6) is -0.622. The Hall–Kier alpha value is -2.21. The Bertz CT molecular complexity index is 876. The summed E-state index contributed by atoms with van der Waals surface area (Å²) in [4.78, 5) is 14.3. The van der Waals surface area contributed by atoms with E-state index >= 15 is 0 Å². The van der Waals surface area contributed by atoms with Crippen LogP contribution in [0.25, 0.3) is 0 Å². The van der Waals surface area contributed by atoms with E-state index in [1.54, 1.807) is 35.2 Å². The number of hydrogen-bond donors (Lipinski definition) is 0. The standard InChI is InChI=1S/C18H18FNO3S/c1-24(22,23)12-13-4-6-15(7-5-13)18(21)20-10-2-3-14-8-9-16(19)11-17(14)20/h4-9,11H,2-3,10,12H2,1H3. The molecule has 4 nitrogen and oxygen atoms in total. The molecule has 0 unspecified atom stereocenters. The van der Waals surface area contributed by atoms with Crippen LogP contribution in [0.4, 0.5) is 10.1 Å². The van der Waals surface area contributed by atoms with E-state index in [4.69, 9.17) is 0 Å². The van der Waals surface area contributed by atoms with Gasteiger partial charge in [-0.25, -0.2) is 12.8 Å². The van der Waals surface area contributed by atoms with Gasteiger partial charge in [-0.05, 0) is 48.2 Å². The summed E-state index contributed by atoms with van der Waals surface area (Å²) in [5.41, 5.74) is 2.68. The van der Waals surface area contributed by atoms with Crippen LogP contribution in [0.15, 0.2) is 42.5 Å². The summed E-state index contributed by atoms with van der Waals surface area (Å²) in [6.07, 6.45) is 2.83. The maximum atomic E-state index is 13.5. The van der Waals surface area contributed by atoms with E-state index in [2.05, 4.69) is 0 Å². The molecular formula is C18H18FNO3S. The number of nitrogens with zero attached hydrogens (tertiary/aromatic N) is 1. The Kier molecular flexibility index (Phi) is 4.41. The van der Waals surface area contributed by atoms with Crippen molar-refractivity contribution in [3.05, 3.63) is 65.0 Å². The molecule has 1 aliphatic rings. The van der Waals surface area contributed by atoms with Crippen molar-refractivity contribution in [2.24, 2.45) is 0 Å². The highest BCUT2D eigenvalue weighted by Crippen LogP contribution is 2.29. The number of rotatable bonds is 3. The summed E-state index contributed by atoms with van der Waals surface area (Å²) in [6, 6.07) is 11.1. The van der Waals surface area contributed by atoms with E-state index in [0.717, 1.165) is 18.4 Å². The monoisotopic (exact) mass is 347 g/mol. The van der Waals surface area contributed by atoms with Gasteiger partial charge in [-0.1, -0.05) is 18.2 Å². The zero-order valence-corrected chi connectivity index (χ0v) is 14.1. The second-order valence-electron chi connectivity index (χ2n) is 6.10. The van der Waals surface area contributed by atoms with E-state index in [0.29, 0.717) is 23.4 Å². The van der Waals surface area contributed by atoms with Crippen molar-refractivity contribution in [1.82, 2.24) is 0 Å². The molecule has 0 saturated heterocycles. The molecule has 3 rings (SSSR count). The average Bonchev–Trinajstić information content (AvgIpc) is 2.53. The SMILES string of the molecule is CS(=O)(=O)Cc1ccc(C(=O)N2CCCc3ccc(F)cc32)cc1. The van der Waals surface area contributed by atoms with Crippen molar-refractivity contribution >= 4 is 21.4 Å². The number of halogens is 1. The fourth-order valence-corrected chi connectivity index (χ4v) is 3.76. The first-order chi connectivity index (χ1) is 11.3. The predicted octanol–water partition coefficient (Wildman–Crippen LogP) is 2.96. The largest absolute Gasteiger partial charge is 0.308 e. The molecule has 0 bridgehead atoms. The minimum Gasteiger partial charge on any atom is -0.308 e. The van der Waals surface area contributed by atoms with Crippen LogP contribution in [0.2, 0.25) is 0 Å². The Morgan fingerprint density at radius 3 is 2.54 bits per heavy atom. The second kappa shape index (κ2) is 6.36. The summed E-state index contributed by atoms with van der Waals surface area (Å²) >= 11 is 0.